The van der Waals surface area contributed by atoms with Crippen molar-refractivity contribution < 1.29 is 9.84 Å². The maximum Gasteiger partial charge on any atom is 0.0778 e. The van der Waals surface area contributed by atoms with Crippen LogP contribution in [0.1, 0.15) is 24.0 Å². The van der Waals surface area contributed by atoms with Crippen LogP contribution in [-0.4, -0.2) is 23.9 Å². The fourth-order valence-electron chi connectivity index (χ4n) is 3.08. The van der Waals surface area contributed by atoms with E-state index in [0.717, 1.165) is 38.9 Å². The van der Waals surface area contributed by atoms with Crippen molar-refractivity contribution in [3.8, 4) is 0 Å². The first-order valence-electron chi connectivity index (χ1n) is 6.15. The Balaban J connectivity index is 1.82. The van der Waals surface area contributed by atoms with Crippen molar-refractivity contribution in [3.63, 3.8) is 0 Å². The second kappa shape index (κ2) is 3.86. The number of aliphatic hydroxyl groups is 1. The topological polar surface area (TPSA) is 29.5 Å². The Morgan fingerprint density at radius 3 is 2.44 bits per heavy atom. The van der Waals surface area contributed by atoms with E-state index in [9.17, 15) is 5.11 Å². The van der Waals surface area contributed by atoms with Gasteiger partial charge in [-0.1, -0.05) is 24.3 Å². The molecular formula is C14H18O2. The van der Waals surface area contributed by atoms with Crippen LogP contribution in [0, 0.1) is 5.92 Å². The minimum absolute atomic E-state index is 0.314. The molecule has 2 heteroatoms. The molecule has 0 bridgehead atoms. The van der Waals surface area contributed by atoms with E-state index >= 15 is 0 Å². The molecule has 16 heavy (non-hydrogen) atoms. The van der Waals surface area contributed by atoms with Gasteiger partial charge in [0.05, 0.1) is 12.2 Å². The van der Waals surface area contributed by atoms with E-state index in [0.29, 0.717) is 5.92 Å². The van der Waals surface area contributed by atoms with Gasteiger partial charge in [0.25, 0.3) is 0 Å². The van der Waals surface area contributed by atoms with Crippen LogP contribution < -0.4 is 0 Å². The Bertz CT molecular complexity index is 355. The molecule has 0 amide bonds. The predicted molar refractivity (Wildman–Crippen MR) is 62.3 cm³/mol. The maximum absolute atomic E-state index is 10.8. The molecule has 0 saturated carbocycles. The number of ether oxygens (including phenoxy) is 1. The zero-order valence-electron chi connectivity index (χ0n) is 9.48. The summed E-state index contributed by atoms with van der Waals surface area (Å²) >= 11 is 0. The van der Waals surface area contributed by atoms with Gasteiger partial charge in [-0.3, -0.25) is 0 Å². The molecule has 1 unspecified atom stereocenters. The van der Waals surface area contributed by atoms with E-state index in [-0.39, 0.29) is 0 Å². The van der Waals surface area contributed by atoms with Crippen molar-refractivity contribution in [2.24, 2.45) is 5.92 Å². The zero-order chi connectivity index (χ0) is 11.0. The smallest absolute Gasteiger partial charge is 0.0778 e. The van der Waals surface area contributed by atoms with Crippen LogP contribution >= 0.6 is 0 Å². The fourth-order valence-corrected chi connectivity index (χ4v) is 3.08. The fraction of sp³-hybridized carbons (Fsp3) is 0.571. The van der Waals surface area contributed by atoms with Crippen molar-refractivity contribution >= 4 is 0 Å². The van der Waals surface area contributed by atoms with Gasteiger partial charge in [0.1, 0.15) is 0 Å². The lowest BCUT2D eigenvalue weighted by Gasteiger charge is -2.35. The number of fused-ring (bicyclic) bond motifs is 1. The molecule has 1 N–H and O–H groups in total. The molecule has 1 saturated heterocycles. The molecule has 0 spiro atoms. The van der Waals surface area contributed by atoms with E-state index in [1.165, 1.54) is 11.1 Å². The highest BCUT2D eigenvalue weighted by Gasteiger charge is 2.42. The molecule has 1 fully saturated rings. The van der Waals surface area contributed by atoms with Crippen LogP contribution in [0.3, 0.4) is 0 Å². The second-order valence-electron chi connectivity index (χ2n) is 5.14. The normalized spacial score (nSPS) is 27.7. The van der Waals surface area contributed by atoms with Crippen LogP contribution in [0.4, 0.5) is 0 Å². The predicted octanol–water partition coefficient (Wildman–Crippen LogP) is 1.94. The molecule has 1 aromatic carbocycles. The van der Waals surface area contributed by atoms with Crippen LogP contribution in [0.15, 0.2) is 24.3 Å². The standard InChI is InChI=1S/C14H18O2/c15-14(13-6-3-7-16-10-13)8-11-4-1-2-5-12(11)9-14/h1-2,4-5,13,15H,3,6-10H2. The Kier molecular flexibility index (Phi) is 2.49. The van der Waals surface area contributed by atoms with Crippen LogP contribution in [0.5, 0.6) is 0 Å². The zero-order valence-corrected chi connectivity index (χ0v) is 9.48. The molecule has 1 heterocycles. The summed E-state index contributed by atoms with van der Waals surface area (Å²) in [7, 11) is 0. The van der Waals surface area contributed by atoms with E-state index in [1.54, 1.807) is 0 Å². The van der Waals surface area contributed by atoms with Gasteiger partial charge in [-0.25, -0.2) is 0 Å². The third kappa shape index (κ3) is 1.66. The molecule has 2 aliphatic rings. The summed E-state index contributed by atoms with van der Waals surface area (Å²) in [5.41, 5.74) is 2.08. The van der Waals surface area contributed by atoms with E-state index in [1.807, 2.05) is 0 Å². The lowest BCUT2D eigenvalue weighted by Crippen LogP contribution is -2.43. The highest BCUT2D eigenvalue weighted by molar-refractivity contribution is 5.35. The van der Waals surface area contributed by atoms with Gasteiger partial charge in [0, 0.05) is 25.4 Å². The second-order valence-corrected chi connectivity index (χ2v) is 5.14. The summed E-state index contributed by atoms with van der Waals surface area (Å²) in [5, 5.41) is 10.8. The Morgan fingerprint density at radius 1 is 1.19 bits per heavy atom. The summed E-state index contributed by atoms with van der Waals surface area (Å²) in [5.74, 6) is 0.314. The molecule has 3 rings (SSSR count). The molecular weight excluding hydrogens is 200 g/mol. The van der Waals surface area contributed by atoms with Crippen LogP contribution in [-0.2, 0) is 17.6 Å². The molecule has 1 atom stereocenters. The highest BCUT2D eigenvalue weighted by atomic mass is 16.5. The first-order chi connectivity index (χ1) is 7.78. The van der Waals surface area contributed by atoms with Gasteiger partial charge >= 0.3 is 0 Å². The minimum atomic E-state index is -0.551. The number of hydrogen-bond donors (Lipinski definition) is 1. The third-order valence-electron chi connectivity index (χ3n) is 4.03. The summed E-state index contributed by atoms with van der Waals surface area (Å²) < 4.78 is 5.50. The van der Waals surface area contributed by atoms with Gasteiger partial charge < -0.3 is 9.84 Å². The summed E-state index contributed by atoms with van der Waals surface area (Å²) in [4.78, 5) is 0. The average molecular weight is 218 g/mol. The van der Waals surface area contributed by atoms with Gasteiger partial charge in [-0.05, 0) is 24.0 Å². The SMILES string of the molecule is OC1(C2CCCOC2)Cc2ccccc2C1. The lowest BCUT2D eigenvalue weighted by molar-refractivity contribution is -0.0726. The Hall–Kier alpha value is -0.860. The first kappa shape index (κ1) is 10.3. The number of hydrogen-bond acceptors (Lipinski definition) is 2. The van der Waals surface area contributed by atoms with Crippen molar-refractivity contribution in [1.82, 2.24) is 0 Å². The molecule has 86 valence electrons. The minimum Gasteiger partial charge on any atom is -0.389 e. The van der Waals surface area contributed by atoms with Gasteiger partial charge in [-0.15, -0.1) is 0 Å². The Morgan fingerprint density at radius 2 is 1.88 bits per heavy atom. The first-order valence-corrected chi connectivity index (χ1v) is 6.15. The van der Waals surface area contributed by atoms with Gasteiger partial charge in [0.2, 0.25) is 0 Å². The van der Waals surface area contributed by atoms with Gasteiger partial charge in [0.15, 0.2) is 0 Å². The summed E-state index contributed by atoms with van der Waals surface area (Å²) in [6, 6.07) is 8.39. The van der Waals surface area contributed by atoms with Crippen molar-refractivity contribution in [2.75, 3.05) is 13.2 Å². The van der Waals surface area contributed by atoms with E-state index in [2.05, 4.69) is 24.3 Å². The lowest BCUT2D eigenvalue weighted by atomic mass is 9.81. The quantitative estimate of drug-likeness (QED) is 0.780. The largest absolute Gasteiger partial charge is 0.389 e. The van der Waals surface area contributed by atoms with Gasteiger partial charge in [-0.2, -0.15) is 0 Å². The average Bonchev–Trinajstić information content (AvgIpc) is 2.68. The Labute approximate surface area is 96.2 Å². The molecule has 1 aliphatic carbocycles. The highest BCUT2D eigenvalue weighted by Crippen LogP contribution is 2.38. The molecule has 0 aromatic heterocycles. The van der Waals surface area contributed by atoms with Crippen LogP contribution in [0.25, 0.3) is 0 Å². The van der Waals surface area contributed by atoms with Crippen molar-refractivity contribution in [2.45, 2.75) is 31.3 Å². The molecule has 1 aromatic rings. The third-order valence-corrected chi connectivity index (χ3v) is 4.03. The van der Waals surface area contributed by atoms with Crippen LogP contribution in [0.2, 0.25) is 0 Å². The summed E-state index contributed by atoms with van der Waals surface area (Å²) in [6.45, 7) is 1.59. The maximum atomic E-state index is 10.8. The van der Waals surface area contributed by atoms with E-state index < -0.39 is 5.60 Å². The monoisotopic (exact) mass is 218 g/mol. The molecule has 1 aliphatic heterocycles. The molecule has 0 radical (unpaired) electrons. The molecule has 2 nitrogen and oxygen atoms in total. The van der Waals surface area contributed by atoms with Crippen molar-refractivity contribution in [1.29, 1.82) is 0 Å². The summed E-state index contributed by atoms with van der Waals surface area (Å²) in [6.07, 6.45) is 3.79. The van der Waals surface area contributed by atoms with E-state index in [4.69, 9.17) is 4.74 Å². The number of benzene rings is 1. The van der Waals surface area contributed by atoms with Crippen molar-refractivity contribution in [3.05, 3.63) is 35.4 Å². The number of rotatable bonds is 1.